The van der Waals surface area contributed by atoms with Crippen molar-refractivity contribution in [3.8, 4) is 0 Å². The van der Waals surface area contributed by atoms with Crippen molar-refractivity contribution in [2.45, 2.75) is 13.5 Å². The molecular formula is C11H10ClN3O2S. The number of aryl methyl sites for hydroxylation is 1. The molecule has 2 heterocycles. The molecule has 2 N–H and O–H groups in total. The number of hydrogen-bond acceptors (Lipinski definition) is 5. The fourth-order valence-electron chi connectivity index (χ4n) is 1.35. The minimum atomic E-state index is -1.07. The first kappa shape index (κ1) is 12.8. The Morgan fingerprint density at radius 3 is 2.89 bits per heavy atom. The summed E-state index contributed by atoms with van der Waals surface area (Å²) in [7, 11) is 0. The summed E-state index contributed by atoms with van der Waals surface area (Å²) in [4.78, 5) is 20.2. The Morgan fingerprint density at radius 2 is 2.28 bits per heavy atom. The zero-order chi connectivity index (χ0) is 13.1. The smallest absolute Gasteiger partial charge is 0.337 e. The molecule has 0 atom stereocenters. The van der Waals surface area contributed by atoms with E-state index >= 15 is 0 Å². The van der Waals surface area contributed by atoms with Gasteiger partial charge in [-0.05, 0) is 13.0 Å². The topological polar surface area (TPSA) is 75.1 Å². The second kappa shape index (κ2) is 5.32. The van der Waals surface area contributed by atoms with Crippen molar-refractivity contribution in [1.29, 1.82) is 0 Å². The van der Waals surface area contributed by atoms with Gasteiger partial charge >= 0.3 is 5.97 Å². The van der Waals surface area contributed by atoms with E-state index in [0.29, 0.717) is 12.4 Å². The van der Waals surface area contributed by atoms with Crippen LogP contribution in [0.4, 0.5) is 5.82 Å². The van der Waals surface area contributed by atoms with Crippen LogP contribution >= 0.6 is 22.9 Å². The second-order valence-corrected chi connectivity index (χ2v) is 5.30. The van der Waals surface area contributed by atoms with Gasteiger partial charge in [-0.1, -0.05) is 11.6 Å². The lowest BCUT2D eigenvalue weighted by Crippen LogP contribution is -2.04. The average Bonchev–Trinajstić information content (AvgIpc) is 2.74. The van der Waals surface area contributed by atoms with E-state index in [2.05, 4.69) is 15.3 Å². The number of aromatic nitrogens is 2. The summed E-state index contributed by atoms with van der Waals surface area (Å²) in [5.41, 5.74) is 0.0319. The van der Waals surface area contributed by atoms with E-state index in [1.165, 1.54) is 12.3 Å². The number of anilines is 1. The predicted octanol–water partition coefficient (Wildman–Crippen LogP) is 2.81. The summed E-state index contributed by atoms with van der Waals surface area (Å²) < 4.78 is 0. The molecule has 0 unspecified atom stereocenters. The highest BCUT2D eigenvalue weighted by molar-refractivity contribution is 7.11. The van der Waals surface area contributed by atoms with Gasteiger partial charge in [0.1, 0.15) is 10.8 Å². The number of carboxylic acid groups (broad SMARTS) is 1. The van der Waals surface area contributed by atoms with Crippen LogP contribution in [0.15, 0.2) is 18.5 Å². The molecule has 2 rings (SSSR count). The zero-order valence-corrected chi connectivity index (χ0v) is 11.0. The van der Waals surface area contributed by atoms with Gasteiger partial charge in [0.05, 0.1) is 17.1 Å². The van der Waals surface area contributed by atoms with Crippen molar-refractivity contribution in [3.05, 3.63) is 38.9 Å². The van der Waals surface area contributed by atoms with E-state index in [0.717, 1.165) is 9.88 Å². The summed E-state index contributed by atoms with van der Waals surface area (Å²) in [5.74, 6) is -0.611. The molecule has 0 fully saturated rings. The maximum atomic E-state index is 10.9. The average molecular weight is 284 g/mol. The van der Waals surface area contributed by atoms with Crippen molar-refractivity contribution in [2.75, 3.05) is 5.32 Å². The van der Waals surface area contributed by atoms with Gasteiger partial charge in [0.2, 0.25) is 0 Å². The number of carboxylic acids is 1. The first-order valence-electron chi connectivity index (χ1n) is 5.10. The normalized spacial score (nSPS) is 10.3. The van der Waals surface area contributed by atoms with E-state index in [1.54, 1.807) is 17.5 Å². The Bertz CT molecular complexity index is 585. The van der Waals surface area contributed by atoms with Crippen LogP contribution in [0.25, 0.3) is 0 Å². The molecule has 0 aliphatic heterocycles. The van der Waals surface area contributed by atoms with Crippen molar-refractivity contribution in [1.82, 2.24) is 9.97 Å². The molecule has 0 amide bonds. The summed E-state index contributed by atoms with van der Waals surface area (Å²) in [5, 5.41) is 13.0. The van der Waals surface area contributed by atoms with Crippen LogP contribution in [0.3, 0.4) is 0 Å². The van der Waals surface area contributed by atoms with Gasteiger partial charge in [-0.2, -0.15) is 0 Å². The van der Waals surface area contributed by atoms with Crippen LogP contribution in [0, 0.1) is 6.92 Å². The van der Waals surface area contributed by atoms with E-state index in [4.69, 9.17) is 16.7 Å². The summed E-state index contributed by atoms with van der Waals surface area (Å²) in [6.45, 7) is 2.48. The van der Waals surface area contributed by atoms with Gasteiger partial charge < -0.3 is 10.4 Å². The molecule has 0 bridgehead atoms. The molecule has 0 radical (unpaired) electrons. The number of carbonyl (C=O) groups is 1. The van der Waals surface area contributed by atoms with Crippen molar-refractivity contribution in [3.63, 3.8) is 0 Å². The van der Waals surface area contributed by atoms with Crippen LogP contribution in [0.2, 0.25) is 5.02 Å². The lowest BCUT2D eigenvalue weighted by molar-refractivity contribution is 0.0697. The lowest BCUT2D eigenvalue weighted by atomic mass is 10.2. The Kier molecular flexibility index (Phi) is 3.78. The first-order valence-corrected chi connectivity index (χ1v) is 6.29. The van der Waals surface area contributed by atoms with Crippen molar-refractivity contribution >= 4 is 34.7 Å². The molecule has 0 aromatic carbocycles. The molecule has 5 nitrogen and oxygen atoms in total. The zero-order valence-electron chi connectivity index (χ0n) is 9.48. The Morgan fingerprint density at radius 1 is 1.50 bits per heavy atom. The predicted molar refractivity (Wildman–Crippen MR) is 70.4 cm³/mol. The molecule has 0 aliphatic rings. The Balaban J connectivity index is 2.10. The van der Waals surface area contributed by atoms with Crippen LogP contribution in [0.1, 0.15) is 20.2 Å². The molecule has 0 saturated carbocycles. The van der Waals surface area contributed by atoms with E-state index in [-0.39, 0.29) is 10.6 Å². The molecule has 2 aromatic heterocycles. The lowest BCUT2D eigenvalue weighted by Gasteiger charge is -2.05. The minimum absolute atomic E-state index is 0.0319. The van der Waals surface area contributed by atoms with Crippen LogP contribution in [0.5, 0.6) is 0 Å². The standard InChI is InChI=1S/C11H10ClN3O2S/c1-6-3-15-10(18-6)5-14-9-2-7(11(16)17)8(12)4-13-9/h2-4H,5H2,1H3,(H,13,14)(H,16,17). The molecule has 0 saturated heterocycles. The van der Waals surface area contributed by atoms with Crippen LogP contribution < -0.4 is 5.32 Å². The van der Waals surface area contributed by atoms with Crippen molar-refractivity contribution < 1.29 is 9.90 Å². The second-order valence-electron chi connectivity index (χ2n) is 3.57. The molecule has 18 heavy (non-hydrogen) atoms. The highest BCUT2D eigenvalue weighted by Crippen LogP contribution is 2.19. The van der Waals surface area contributed by atoms with Gasteiger partial charge in [0, 0.05) is 17.3 Å². The number of nitrogens with zero attached hydrogens (tertiary/aromatic N) is 2. The fourth-order valence-corrected chi connectivity index (χ4v) is 2.26. The highest BCUT2D eigenvalue weighted by Gasteiger charge is 2.10. The van der Waals surface area contributed by atoms with Crippen molar-refractivity contribution in [2.24, 2.45) is 0 Å². The minimum Gasteiger partial charge on any atom is -0.478 e. The van der Waals surface area contributed by atoms with Gasteiger partial charge in [0.15, 0.2) is 0 Å². The monoisotopic (exact) mass is 283 g/mol. The number of nitrogens with one attached hydrogen (secondary N) is 1. The van der Waals surface area contributed by atoms with Gasteiger partial charge in [-0.3, -0.25) is 0 Å². The third-order valence-corrected chi connectivity index (χ3v) is 3.39. The third kappa shape index (κ3) is 2.96. The largest absolute Gasteiger partial charge is 0.478 e. The van der Waals surface area contributed by atoms with Crippen LogP contribution in [-0.4, -0.2) is 21.0 Å². The maximum Gasteiger partial charge on any atom is 0.337 e. The number of aromatic carboxylic acids is 1. The quantitative estimate of drug-likeness (QED) is 0.902. The number of hydrogen-bond donors (Lipinski definition) is 2. The van der Waals surface area contributed by atoms with E-state index < -0.39 is 5.97 Å². The van der Waals surface area contributed by atoms with Gasteiger partial charge in [-0.25, -0.2) is 14.8 Å². The third-order valence-electron chi connectivity index (χ3n) is 2.18. The first-order chi connectivity index (χ1) is 8.56. The summed E-state index contributed by atoms with van der Waals surface area (Å²) in [6.07, 6.45) is 3.11. The number of thiazole rings is 1. The molecule has 0 aliphatic carbocycles. The molecule has 7 heteroatoms. The summed E-state index contributed by atoms with van der Waals surface area (Å²) in [6, 6.07) is 1.41. The SMILES string of the molecule is Cc1cnc(CNc2cc(C(=O)O)c(Cl)cn2)s1. The van der Waals surface area contributed by atoms with E-state index in [9.17, 15) is 4.79 Å². The van der Waals surface area contributed by atoms with Gasteiger partial charge in [0.25, 0.3) is 0 Å². The Labute approximate surface area is 112 Å². The fraction of sp³-hybridized carbons (Fsp3) is 0.182. The number of rotatable bonds is 4. The molecule has 94 valence electrons. The molecular weight excluding hydrogens is 274 g/mol. The maximum absolute atomic E-state index is 10.9. The Hall–Kier alpha value is -1.66. The molecule has 0 spiro atoms. The highest BCUT2D eigenvalue weighted by atomic mass is 35.5. The molecule has 2 aromatic rings. The van der Waals surface area contributed by atoms with Crippen LogP contribution in [-0.2, 0) is 6.54 Å². The van der Waals surface area contributed by atoms with Gasteiger partial charge in [-0.15, -0.1) is 11.3 Å². The number of pyridine rings is 1. The summed E-state index contributed by atoms with van der Waals surface area (Å²) >= 11 is 7.31. The number of halogens is 1. The van der Waals surface area contributed by atoms with E-state index in [1.807, 2.05) is 6.92 Å².